The number of ether oxygens (including phenoxy) is 1. The summed E-state index contributed by atoms with van der Waals surface area (Å²) in [4.78, 5) is 27.9. The Balaban J connectivity index is 1.82. The van der Waals surface area contributed by atoms with Crippen molar-refractivity contribution in [3.63, 3.8) is 0 Å². The van der Waals surface area contributed by atoms with Crippen LogP contribution in [-0.4, -0.2) is 30.1 Å². The van der Waals surface area contributed by atoms with Gasteiger partial charge in [0.2, 0.25) is 5.76 Å². The summed E-state index contributed by atoms with van der Waals surface area (Å²) in [5.41, 5.74) is 0.529. The first-order chi connectivity index (χ1) is 14.0. The minimum absolute atomic E-state index is 0.00766. The summed E-state index contributed by atoms with van der Waals surface area (Å²) in [6.07, 6.45) is 0.647. The van der Waals surface area contributed by atoms with E-state index in [1.807, 2.05) is 13.8 Å². The van der Waals surface area contributed by atoms with Crippen LogP contribution < -0.4 is 5.43 Å². The molecular weight excluding hydrogens is 373 g/mol. The monoisotopic (exact) mass is 395 g/mol. The van der Waals surface area contributed by atoms with Gasteiger partial charge in [0.1, 0.15) is 11.4 Å². The molecule has 1 aliphatic heterocycles. The predicted octanol–water partition coefficient (Wildman–Crippen LogP) is 4.29. The van der Waals surface area contributed by atoms with Crippen LogP contribution in [0.4, 0.5) is 4.39 Å². The van der Waals surface area contributed by atoms with Gasteiger partial charge in [0.25, 0.3) is 5.91 Å². The Morgan fingerprint density at radius 3 is 2.59 bits per heavy atom. The van der Waals surface area contributed by atoms with Crippen LogP contribution in [0.25, 0.3) is 11.0 Å². The minimum atomic E-state index is -0.821. The quantitative estimate of drug-likeness (QED) is 0.584. The van der Waals surface area contributed by atoms with Crippen LogP contribution in [0, 0.1) is 5.82 Å². The highest BCUT2D eigenvalue weighted by atomic mass is 19.1. The Bertz CT molecular complexity index is 1120. The third-order valence-electron chi connectivity index (χ3n) is 5.07. The van der Waals surface area contributed by atoms with Crippen molar-refractivity contribution in [2.45, 2.75) is 32.4 Å². The number of nitrogens with zero attached hydrogens (tertiary/aromatic N) is 1. The van der Waals surface area contributed by atoms with Gasteiger partial charge in [-0.05, 0) is 38.5 Å². The van der Waals surface area contributed by atoms with Crippen molar-refractivity contribution >= 4 is 16.9 Å². The maximum atomic E-state index is 14.7. The second-order valence-electron chi connectivity index (χ2n) is 7.37. The van der Waals surface area contributed by atoms with E-state index in [-0.39, 0.29) is 28.4 Å². The van der Waals surface area contributed by atoms with Crippen molar-refractivity contribution in [1.29, 1.82) is 0 Å². The lowest BCUT2D eigenvalue weighted by Gasteiger charge is -2.25. The topological polar surface area (TPSA) is 59.8 Å². The molecule has 2 heterocycles. The fourth-order valence-electron chi connectivity index (χ4n) is 3.77. The second-order valence-corrected chi connectivity index (χ2v) is 7.37. The number of fused-ring (bicyclic) bond motifs is 2. The standard InChI is InChI=1S/C23H22FNO4/c1-14(2)28-13-7-12-25-20(15-8-3-5-10-17(15)24)19-21(26)16-9-4-6-11-18(16)29-22(19)23(25)27/h3-6,8-11,14,20H,7,12-13H2,1-2H3. The SMILES string of the molecule is CC(C)OCCCN1C(=O)c2oc3ccccc3c(=O)c2C1c1ccccc1F. The maximum Gasteiger partial charge on any atom is 0.290 e. The lowest BCUT2D eigenvalue weighted by atomic mass is 9.98. The van der Waals surface area contributed by atoms with Crippen LogP contribution >= 0.6 is 0 Å². The molecule has 150 valence electrons. The second kappa shape index (κ2) is 7.79. The first kappa shape index (κ1) is 19.3. The average Bonchev–Trinajstić information content (AvgIpc) is 2.98. The third kappa shape index (κ3) is 3.44. The number of carbonyl (C=O) groups excluding carboxylic acids is 1. The lowest BCUT2D eigenvalue weighted by molar-refractivity contribution is 0.0592. The van der Waals surface area contributed by atoms with Crippen LogP contribution in [0.5, 0.6) is 0 Å². The molecule has 2 aromatic carbocycles. The van der Waals surface area contributed by atoms with Crippen molar-refractivity contribution in [1.82, 2.24) is 4.90 Å². The number of hydrogen-bond donors (Lipinski definition) is 0. The van der Waals surface area contributed by atoms with E-state index < -0.39 is 17.8 Å². The number of carbonyl (C=O) groups is 1. The molecule has 29 heavy (non-hydrogen) atoms. The van der Waals surface area contributed by atoms with Gasteiger partial charge in [-0.15, -0.1) is 0 Å². The summed E-state index contributed by atoms with van der Waals surface area (Å²) in [5.74, 6) is -0.874. The van der Waals surface area contributed by atoms with E-state index in [9.17, 15) is 14.0 Å². The zero-order valence-electron chi connectivity index (χ0n) is 16.4. The maximum absolute atomic E-state index is 14.7. The Morgan fingerprint density at radius 1 is 1.10 bits per heavy atom. The van der Waals surface area contributed by atoms with E-state index in [0.29, 0.717) is 30.5 Å². The van der Waals surface area contributed by atoms with Gasteiger partial charge in [-0.25, -0.2) is 4.39 Å². The number of rotatable bonds is 6. The third-order valence-corrected chi connectivity index (χ3v) is 5.07. The lowest BCUT2D eigenvalue weighted by Crippen LogP contribution is -2.32. The zero-order chi connectivity index (χ0) is 20.5. The van der Waals surface area contributed by atoms with E-state index in [1.165, 1.54) is 11.0 Å². The number of hydrogen-bond acceptors (Lipinski definition) is 4. The molecule has 0 saturated heterocycles. The van der Waals surface area contributed by atoms with Crippen molar-refractivity contribution in [3.05, 3.63) is 81.5 Å². The van der Waals surface area contributed by atoms with Gasteiger partial charge >= 0.3 is 0 Å². The summed E-state index contributed by atoms with van der Waals surface area (Å²) in [5, 5.41) is 0.380. The highest BCUT2D eigenvalue weighted by Crippen LogP contribution is 2.39. The summed E-state index contributed by atoms with van der Waals surface area (Å²) >= 11 is 0. The van der Waals surface area contributed by atoms with Gasteiger partial charge in [-0.2, -0.15) is 0 Å². The predicted molar refractivity (Wildman–Crippen MR) is 107 cm³/mol. The molecule has 1 atom stereocenters. The molecule has 0 N–H and O–H groups in total. The van der Waals surface area contributed by atoms with Gasteiger partial charge in [-0.1, -0.05) is 30.3 Å². The van der Waals surface area contributed by atoms with Gasteiger partial charge in [0, 0.05) is 18.7 Å². The van der Waals surface area contributed by atoms with Crippen LogP contribution in [-0.2, 0) is 4.74 Å². The minimum Gasteiger partial charge on any atom is -0.450 e. The fourth-order valence-corrected chi connectivity index (χ4v) is 3.77. The molecule has 6 heteroatoms. The van der Waals surface area contributed by atoms with Crippen molar-refractivity contribution < 1.29 is 18.3 Å². The molecule has 0 aliphatic carbocycles. The summed E-state index contributed by atoms with van der Waals surface area (Å²) in [7, 11) is 0. The molecule has 0 saturated carbocycles. The Morgan fingerprint density at radius 2 is 1.83 bits per heavy atom. The first-order valence-electron chi connectivity index (χ1n) is 9.71. The largest absolute Gasteiger partial charge is 0.450 e. The molecule has 4 rings (SSSR count). The van der Waals surface area contributed by atoms with Crippen LogP contribution in [0.3, 0.4) is 0 Å². The molecule has 1 aromatic heterocycles. The van der Waals surface area contributed by atoms with Gasteiger partial charge < -0.3 is 14.1 Å². The van der Waals surface area contributed by atoms with E-state index in [4.69, 9.17) is 9.15 Å². The summed E-state index contributed by atoms with van der Waals surface area (Å²) in [6, 6.07) is 12.2. The summed E-state index contributed by atoms with van der Waals surface area (Å²) in [6.45, 7) is 4.66. The highest BCUT2D eigenvalue weighted by Gasteiger charge is 2.43. The zero-order valence-corrected chi connectivity index (χ0v) is 16.4. The van der Waals surface area contributed by atoms with E-state index in [1.54, 1.807) is 42.5 Å². The number of amides is 1. The Kier molecular flexibility index (Phi) is 5.20. The molecular formula is C23H22FNO4. The van der Waals surface area contributed by atoms with E-state index >= 15 is 0 Å². The number of halogens is 1. The average molecular weight is 395 g/mol. The van der Waals surface area contributed by atoms with Gasteiger partial charge in [0.15, 0.2) is 5.43 Å². The van der Waals surface area contributed by atoms with Crippen LogP contribution in [0.15, 0.2) is 57.7 Å². The fraction of sp³-hybridized carbons (Fsp3) is 0.304. The molecule has 1 amide bonds. The summed E-state index contributed by atoms with van der Waals surface area (Å²) < 4.78 is 26.1. The number of para-hydroxylation sites is 1. The highest BCUT2D eigenvalue weighted by molar-refractivity contribution is 5.99. The molecule has 0 fully saturated rings. The smallest absolute Gasteiger partial charge is 0.290 e. The van der Waals surface area contributed by atoms with Crippen molar-refractivity contribution in [2.24, 2.45) is 0 Å². The van der Waals surface area contributed by atoms with E-state index in [2.05, 4.69) is 0 Å². The molecule has 0 bridgehead atoms. The van der Waals surface area contributed by atoms with E-state index in [0.717, 1.165) is 0 Å². The van der Waals surface area contributed by atoms with Crippen molar-refractivity contribution in [2.75, 3.05) is 13.2 Å². The Labute approximate surface area is 167 Å². The Hall–Kier alpha value is -2.99. The van der Waals surface area contributed by atoms with Crippen LogP contribution in [0.1, 0.15) is 48.0 Å². The molecule has 0 radical (unpaired) electrons. The normalized spacial score (nSPS) is 16.1. The molecule has 3 aromatic rings. The molecule has 1 unspecified atom stereocenters. The molecule has 5 nitrogen and oxygen atoms in total. The van der Waals surface area contributed by atoms with Gasteiger partial charge in [-0.3, -0.25) is 9.59 Å². The molecule has 0 spiro atoms. The number of benzene rings is 2. The van der Waals surface area contributed by atoms with Crippen LogP contribution in [0.2, 0.25) is 0 Å². The first-order valence-corrected chi connectivity index (χ1v) is 9.71. The van der Waals surface area contributed by atoms with Gasteiger partial charge in [0.05, 0.1) is 23.1 Å². The molecule has 1 aliphatic rings. The van der Waals surface area contributed by atoms with Crippen molar-refractivity contribution in [3.8, 4) is 0 Å².